The molecule has 0 aliphatic carbocycles. The number of ether oxygens (including phenoxy) is 2. The summed E-state index contributed by atoms with van der Waals surface area (Å²) in [6.45, 7) is 1.72. The first-order valence-electron chi connectivity index (χ1n) is 7.23. The SMILES string of the molecule is COc1ccc(C(C)(O)c2ncnc3c(OC)cccc23)cc1. The van der Waals surface area contributed by atoms with Crippen molar-refractivity contribution in [3.63, 3.8) is 0 Å². The van der Waals surface area contributed by atoms with Crippen LogP contribution in [0, 0.1) is 0 Å². The van der Waals surface area contributed by atoms with E-state index in [4.69, 9.17) is 9.47 Å². The third-order valence-electron chi connectivity index (χ3n) is 3.96. The maximum absolute atomic E-state index is 11.1. The number of hydrogen-bond donors (Lipinski definition) is 1. The summed E-state index contributed by atoms with van der Waals surface area (Å²) in [6.07, 6.45) is 1.44. The second kappa shape index (κ2) is 5.85. The number of nitrogens with zero attached hydrogens (tertiary/aromatic N) is 2. The van der Waals surface area contributed by atoms with E-state index >= 15 is 0 Å². The van der Waals surface area contributed by atoms with Crippen LogP contribution in [0.25, 0.3) is 10.9 Å². The van der Waals surface area contributed by atoms with E-state index in [0.717, 1.165) is 16.7 Å². The molecule has 5 nitrogen and oxygen atoms in total. The van der Waals surface area contributed by atoms with Gasteiger partial charge in [0.1, 0.15) is 28.9 Å². The van der Waals surface area contributed by atoms with Gasteiger partial charge in [-0.15, -0.1) is 0 Å². The molecule has 0 amide bonds. The molecule has 5 heteroatoms. The van der Waals surface area contributed by atoms with E-state index in [2.05, 4.69) is 9.97 Å². The zero-order chi connectivity index (χ0) is 16.4. The minimum absolute atomic E-state index is 0.534. The summed E-state index contributed by atoms with van der Waals surface area (Å²) in [7, 11) is 3.20. The number of methoxy groups -OCH3 is 2. The van der Waals surface area contributed by atoms with Gasteiger partial charge < -0.3 is 14.6 Å². The van der Waals surface area contributed by atoms with Crippen molar-refractivity contribution in [2.24, 2.45) is 0 Å². The number of hydrogen-bond acceptors (Lipinski definition) is 5. The Labute approximate surface area is 134 Å². The second-order valence-electron chi connectivity index (χ2n) is 5.38. The molecule has 1 N–H and O–H groups in total. The minimum atomic E-state index is -1.26. The second-order valence-corrected chi connectivity index (χ2v) is 5.38. The fourth-order valence-corrected chi connectivity index (χ4v) is 2.67. The first-order chi connectivity index (χ1) is 11.1. The zero-order valence-electron chi connectivity index (χ0n) is 13.3. The van der Waals surface area contributed by atoms with Crippen molar-refractivity contribution in [2.75, 3.05) is 14.2 Å². The minimum Gasteiger partial charge on any atom is -0.497 e. The van der Waals surface area contributed by atoms with Crippen molar-refractivity contribution in [1.82, 2.24) is 9.97 Å². The Hall–Kier alpha value is -2.66. The Morgan fingerprint density at radius 2 is 1.70 bits per heavy atom. The smallest absolute Gasteiger partial charge is 0.145 e. The van der Waals surface area contributed by atoms with E-state index in [9.17, 15) is 5.11 Å². The van der Waals surface area contributed by atoms with Crippen LogP contribution in [0.1, 0.15) is 18.2 Å². The molecule has 0 spiro atoms. The summed E-state index contributed by atoms with van der Waals surface area (Å²) in [4.78, 5) is 8.61. The fourth-order valence-electron chi connectivity index (χ4n) is 2.67. The van der Waals surface area contributed by atoms with Gasteiger partial charge in [0.15, 0.2) is 0 Å². The van der Waals surface area contributed by atoms with Crippen LogP contribution in [0.5, 0.6) is 11.5 Å². The number of rotatable bonds is 4. The van der Waals surface area contributed by atoms with Gasteiger partial charge in [0.25, 0.3) is 0 Å². The Morgan fingerprint density at radius 3 is 2.35 bits per heavy atom. The Kier molecular flexibility index (Phi) is 3.88. The first kappa shape index (κ1) is 15.2. The Morgan fingerprint density at radius 1 is 0.957 bits per heavy atom. The van der Waals surface area contributed by atoms with Crippen LogP contribution in [-0.4, -0.2) is 29.3 Å². The summed E-state index contributed by atoms with van der Waals surface area (Å²) >= 11 is 0. The molecule has 0 saturated heterocycles. The maximum atomic E-state index is 11.1. The number of aromatic nitrogens is 2. The Bertz CT molecular complexity index is 829. The highest BCUT2D eigenvalue weighted by Crippen LogP contribution is 2.34. The summed E-state index contributed by atoms with van der Waals surface area (Å²) in [5.41, 5.74) is 0.668. The van der Waals surface area contributed by atoms with Gasteiger partial charge in [-0.1, -0.05) is 24.3 Å². The third kappa shape index (κ3) is 2.59. The lowest BCUT2D eigenvalue weighted by Crippen LogP contribution is -2.24. The lowest BCUT2D eigenvalue weighted by molar-refractivity contribution is 0.0990. The van der Waals surface area contributed by atoms with E-state index in [1.54, 1.807) is 21.1 Å². The molecule has 0 bridgehead atoms. The van der Waals surface area contributed by atoms with Crippen LogP contribution in [0.2, 0.25) is 0 Å². The first-order valence-corrected chi connectivity index (χ1v) is 7.23. The van der Waals surface area contributed by atoms with E-state index in [1.165, 1.54) is 6.33 Å². The lowest BCUT2D eigenvalue weighted by Gasteiger charge is -2.25. The van der Waals surface area contributed by atoms with Gasteiger partial charge in [-0.05, 0) is 30.7 Å². The van der Waals surface area contributed by atoms with Crippen molar-refractivity contribution >= 4 is 10.9 Å². The molecule has 1 aromatic heterocycles. The molecule has 23 heavy (non-hydrogen) atoms. The molecule has 0 radical (unpaired) electrons. The summed E-state index contributed by atoms with van der Waals surface area (Å²) in [5.74, 6) is 1.38. The van der Waals surface area contributed by atoms with E-state index in [-0.39, 0.29) is 0 Å². The van der Waals surface area contributed by atoms with Gasteiger partial charge in [-0.3, -0.25) is 0 Å². The van der Waals surface area contributed by atoms with E-state index in [1.807, 2.05) is 42.5 Å². The van der Waals surface area contributed by atoms with Gasteiger partial charge >= 0.3 is 0 Å². The molecule has 0 aliphatic heterocycles. The molecular formula is C18H18N2O3. The van der Waals surface area contributed by atoms with Gasteiger partial charge in [-0.25, -0.2) is 9.97 Å². The number of benzene rings is 2. The largest absolute Gasteiger partial charge is 0.497 e. The van der Waals surface area contributed by atoms with Gasteiger partial charge in [0.2, 0.25) is 0 Å². The molecule has 1 unspecified atom stereocenters. The normalized spacial score (nSPS) is 13.6. The van der Waals surface area contributed by atoms with Crippen molar-refractivity contribution < 1.29 is 14.6 Å². The van der Waals surface area contributed by atoms with E-state index in [0.29, 0.717) is 17.0 Å². The average Bonchev–Trinajstić information content (AvgIpc) is 2.60. The summed E-state index contributed by atoms with van der Waals surface area (Å²) < 4.78 is 10.5. The molecule has 3 aromatic rings. The number of aliphatic hydroxyl groups is 1. The molecule has 1 atom stereocenters. The summed E-state index contributed by atoms with van der Waals surface area (Å²) in [5, 5.41) is 11.9. The van der Waals surface area contributed by atoms with Gasteiger partial charge in [0, 0.05) is 5.39 Å². The molecule has 2 aromatic carbocycles. The standard InChI is InChI=1S/C18H18N2O3/c1-18(21,12-7-9-13(22-2)10-8-12)17-14-5-4-6-15(23-3)16(14)19-11-20-17/h4-11,21H,1-3H3. The molecule has 1 heterocycles. The molecule has 3 rings (SSSR count). The maximum Gasteiger partial charge on any atom is 0.145 e. The molecule has 0 saturated carbocycles. The Balaban J connectivity index is 2.17. The van der Waals surface area contributed by atoms with Gasteiger partial charge in [-0.2, -0.15) is 0 Å². The van der Waals surface area contributed by atoms with Crippen LogP contribution in [0.4, 0.5) is 0 Å². The predicted molar refractivity (Wildman–Crippen MR) is 87.8 cm³/mol. The average molecular weight is 310 g/mol. The van der Waals surface area contributed by atoms with Crippen molar-refractivity contribution in [2.45, 2.75) is 12.5 Å². The van der Waals surface area contributed by atoms with Crippen LogP contribution < -0.4 is 9.47 Å². The van der Waals surface area contributed by atoms with Crippen LogP contribution in [0.3, 0.4) is 0 Å². The highest BCUT2D eigenvalue weighted by atomic mass is 16.5. The zero-order valence-corrected chi connectivity index (χ0v) is 13.3. The highest BCUT2D eigenvalue weighted by molar-refractivity contribution is 5.87. The topological polar surface area (TPSA) is 64.5 Å². The summed E-state index contributed by atoms with van der Waals surface area (Å²) in [6, 6.07) is 12.9. The molecule has 118 valence electrons. The molecule has 0 aliphatic rings. The van der Waals surface area contributed by atoms with Crippen molar-refractivity contribution in [1.29, 1.82) is 0 Å². The highest BCUT2D eigenvalue weighted by Gasteiger charge is 2.30. The van der Waals surface area contributed by atoms with Crippen LogP contribution in [-0.2, 0) is 5.60 Å². The fraction of sp³-hybridized carbons (Fsp3) is 0.222. The monoisotopic (exact) mass is 310 g/mol. The van der Waals surface area contributed by atoms with Crippen LogP contribution >= 0.6 is 0 Å². The lowest BCUT2D eigenvalue weighted by atomic mass is 9.90. The van der Waals surface area contributed by atoms with Crippen LogP contribution in [0.15, 0.2) is 48.8 Å². The van der Waals surface area contributed by atoms with E-state index < -0.39 is 5.60 Å². The number of para-hydroxylation sites is 1. The molecular weight excluding hydrogens is 292 g/mol. The van der Waals surface area contributed by atoms with Gasteiger partial charge in [0.05, 0.1) is 19.9 Å². The number of fused-ring (bicyclic) bond motifs is 1. The third-order valence-corrected chi connectivity index (χ3v) is 3.96. The van der Waals surface area contributed by atoms with Crippen molar-refractivity contribution in [3.05, 3.63) is 60.0 Å². The predicted octanol–water partition coefficient (Wildman–Crippen LogP) is 2.90. The molecule has 0 fully saturated rings. The quantitative estimate of drug-likeness (QED) is 0.802. The van der Waals surface area contributed by atoms with Crippen molar-refractivity contribution in [3.8, 4) is 11.5 Å².